The van der Waals surface area contributed by atoms with E-state index in [0.717, 1.165) is 20.0 Å². The highest BCUT2D eigenvalue weighted by Crippen LogP contribution is 2.29. The third kappa shape index (κ3) is 9.57. The molecule has 2 aromatic rings. The molecule has 1 aromatic heterocycles. The first-order valence-corrected chi connectivity index (χ1v) is 11.0. The molecule has 0 bridgehead atoms. The molecule has 0 atom stereocenters. The number of nitrogens with one attached hydrogen (secondary N) is 2. The summed E-state index contributed by atoms with van der Waals surface area (Å²) in [6.07, 6.45) is 5.51. The lowest BCUT2D eigenvalue weighted by atomic mass is 10.2. The van der Waals surface area contributed by atoms with E-state index in [-0.39, 0.29) is 18.9 Å². The zero-order chi connectivity index (χ0) is 24.1. The first-order valence-electron chi connectivity index (χ1n) is 9.64. The molecule has 1 aromatic carbocycles. The Kier molecular flexibility index (Phi) is 11.6. The molecule has 1 heterocycles. The van der Waals surface area contributed by atoms with Crippen LogP contribution < -0.4 is 14.8 Å². The van der Waals surface area contributed by atoms with Gasteiger partial charge in [-0.1, -0.05) is 0 Å². The number of aliphatic hydroxyl groups excluding tert-OH is 2. The van der Waals surface area contributed by atoms with Crippen molar-refractivity contribution in [2.45, 2.75) is 12.8 Å². The minimum atomic E-state index is -4.41. The number of nitro benzene ring substituents is 1. The summed E-state index contributed by atoms with van der Waals surface area (Å²) < 4.78 is 33.0. The number of aliphatic hydroxyl groups is 2. The van der Waals surface area contributed by atoms with Crippen LogP contribution in [-0.2, 0) is 28.1 Å². The number of imidazole rings is 1. The third-order valence-corrected chi connectivity index (χ3v) is 4.79. The van der Waals surface area contributed by atoms with Crippen molar-refractivity contribution in [1.82, 2.24) is 4.98 Å². The molecular weight excluding hydrogens is 446 g/mol. The van der Waals surface area contributed by atoms with Crippen LogP contribution >= 0.6 is 0 Å². The molecule has 14 heteroatoms. The van der Waals surface area contributed by atoms with E-state index in [9.17, 15) is 23.1 Å². The Morgan fingerprint density at radius 2 is 1.91 bits per heavy atom. The van der Waals surface area contributed by atoms with Gasteiger partial charge in [-0.3, -0.25) is 14.3 Å². The second-order valence-electron chi connectivity index (χ2n) is 6.54. The fraction of sp³-hybridized carbons (Fsp3) is 0.500. The van der Waals surface area contributed by atoms with Crippen molar-refractivity contribution in [2.75, 3.05) is 50.2 Å². The van der Waals surface area contributed by atoms with Crippen LogP contribution in [0.2, 0.25) is 0 Å². The number of anilines is 2. The Morgan fingerprint density at radius 3 is 2.38 bits per heavy atom. The van der Waals surface area contributed by atoms with E-state index < -0.39 is 15.3 Å². The number of rotatable bonds is 12. The predicted octanol–water partition coefficient (Wildman–Crippen LogP) is -0.324. The number of nitro groups is 1. The van der Waals surface area contributed by atoms with E-state index in [1.165, 1.54) is 11.8 Å². The topological polar surface area (TPSA) is 185 Å². The van der Waals surface area contributed by atoms with Gasteiger partial charge < -0.3 is 25.0 Å². The van der Waals surface area contributed by atoms with Crippen LogP contribution in [0.15, 0.2) is 30.7 Å². The summed E-state index contributed by atoms with van der Waals surface area (Å²) in [5, 5.41) is 32.8. The summed E-state index contributed by atoms with van der Waals surface area (Å²) in [5.74, 6) is 0. The quantitative estimate of drug-likeness (QED) is 0.0791. The van der Waals surface area contributed by atoms with Crippen LogP contribution in [0.1, 0.15) is 12.1 Å². The Hall–Kier alpha value is -2.78. The van der Waals surface area contributed by atoms with Crippen LogP contribution in [0, 0.1) is 10.1 Å². The fourth-order valence-corrected chi connectivity index (χ4v) is 2.80. The summed E-state index contributed by atoms with van der Waals surface area (Å²) in [6, 6.07) is 4.90. The van der Waals surface area contributed by atoms with Gasteiger partial charge in [-0.25, -0.2) is 18.0 Å². The maximum atomic E-state index is 11.4. The van der Waals surface area contributed by atoms with Gasteiger partial charge in [0, 0.05) is 37.8 Å². The van der Waals surface area contributed by atoms with Crippen molar-refractivity contribution in [1.29, 1.82) is 0 Å². The van der Waals surface area contributed by atoms with Crippen LogP contribution in [0.4, 0.5) is 17.1 Å². The maximum Gasteiger partial charge on any atom is 0.294 e. The Bertz CT molecular complexity index is 945. The van der Waals surface area contributed by atoms with Gasteiger partial charge >= 0.3 is 0 Å². The van der Waals surface area contributed by atoms with Crippen molar-refractivity contribution in [2.24, 2.45) is 7.05 Å². The third-order valence-electron chi connectivity index (χ3n) is 4.38. The average Bonchev–Trinajstić information content (AvgIpc) is 3.15. The van der Waals surface area contributed by atoms with E-state index in [4.69, 9.17) is 10.2 Å². The standard InChI is InChI=1S/C17H25N5O4.CH4O4S/c1-20-13-18-12-15(20)3-2-6-19-16-5-4-14(11-17(16)22(25)26)21(7-9-23)8-10-24;1-5-6(2,3)4/h4-5,11-13,19,23-24H,2-3,6-10H2,1H3;1H3,(H,2,3,4). The normalized spacial score (nSPS) is 10.9. The summed E-state index contributed by atoms with van der Waals surface area (Å²) in [4.78, 5) is 15.7. The van der Waals surface area contributed by atoms with Gasteiger partial charge in [-0.05, 0) is 18.6 Å². The van der Waals surface area contributed by atoms with Gasteiger partial charge in [0.2, 0.25) is 16.7 Å². The van der Waals surface area contributed by atoms with Crippen molar-refractivity contribution in [3.63, 3.8) is 0 Å². The molecule has 0 fully saturated rings. The molecule has 2 rings (SSSR count). The summed E-state index contributed by atoms with van der Waals surface area (Å²) in [5.41, 5.74) is 2.21. The fourth-order valence-electron chi connectivity index (χ4n) is 2.80. The van der Waals surface area contributed by atoms with Gasteiger partial charge in [-0.2, -0.15) is 0 Å². The number of aryl methyl sites for hydroxylation is 2. The minimum absolute atomic E-state index is 0.0180. The molecule has 13 nitrogen and oxygen atoms in total. The molecule has 0 amide bonds. The summed E-state index contributed by atoms with van der Waals surface area (Å²) >= 11 is 0. The van der Waals surface area contributed by atoms with Gasteiger partial charge in [0.05, 0.1) is 32.3 Å². The molecule has 0 saturated carbocycles. The van der Waals surface area contributed by atoms with E-state index >= 15 is 0 Å². The van der Waals surface area contributed by atoms with E-state index in [1.54, 1.807) is 17.0 Å². The van der Waals surface area contributed by atoms with Gasteiger partial charge in [0.25, 0.3) is 5.69 Å². The monoisotopic (exact) mass is 475 g/mol. The van der Waals surface area contributed by atoms with E-state index in [2.05, 4.69) is 14.5 Å². The molecule has 32 heavy (non-hydrogen) atoms. The molecule has 0 aliphatic heterocycles. The first-order chi connectivity index (χ1) is 15.1. The number of aromatic amines is 1. The highest BCUT2D eigenvalue weighted by molar-refractivity contribution is 7.80. The number of hydrogen-bond acceptors (Lipinski definition) is 10. The molecule has 4 N–H and O–H groups in total. The van der Waals surface area contributed by atoms with Crippen LogP contribution in [0.5, 0.6) is 0 Å². The van der Waals surface area contributed by atoms with Gasteiger partial charge in [0.1, 0.15) is 17.6 Å². The molecule has 180 valence electrons. The molecule has 0 radical (unpaired) electrons. The molecule has 0 aliphatic carbocycles. The second kappa shape index (κ2) is 13.6. The number of hydrogen-bond donors (Lipinski definition) is 4. The van der Waals surface area contributed by atoms with Crippen molar-refractivity contribution < 1.29 is 36.9 Å². The maximum absolute atomic E-state index is 11.4. The van der Waals surface area contributed by atoms with Crippen molar-refractivity contribution in [3.8, 4) is 0 Å². The Labute approximate surface area is 186 Å². The van der Waals surface area contributed by atoms with Crippen molar-refractivity contribution >= 4 is 27.5 Å². The highest BCUT2D eigenvalue weighted by Gasteiger charge is 2.17. The van der Waals surface area contributed by atoms with E-state index in [1.807, 2.05) is 24.1 Å². The SMILES string of the molecule is COS(=O)(=O)[O-].C[n+]1c[nH]cc1CCCNc1ccc(N(CCO)CCO)cc1[N+](=O)[O-]. The average molecular weight is 476 g/mol. The summed E-state index contributed by atoms with van der Waals surface area (Å²) in [6.45, 7) is 1.04. The van der Waals surface area contributed by atoms with E-state index in [0.29, 0.717) is 31.0 Å². The second-order valence-corrected chi connectivity index (χ2v) is 7.69. The highest BCUT2D eigenvalue weighted by atomic mass is 32.3. The molecule has 0 spiro atoms. The largest absolute Gasteiger partial charge is 0.726 e. The lowest BCUT2D eigenvalue weighted by molar-refractivity contribution is -0.677. The zero-order valence-electron chi connectivity index (χ0n) is 17.9. The van der Waals surface area contributed by atoms with Crippen LogP contribution in [0.25, 0.3) is 0 Å². The Morgan fingerprint density at radius 1 is 1.28 bits per heavy atom. The molecule has 0 unspecified atom stereocenters. The number of nitrogens with zero attached hydrogens (tertiary/aromatic N) is 3. The predicted molar refractivity (Wildman–Crippen MR) is 115 cm³/mol. The van der Waals surface area contributed by atoms with Crippen molar-refractivity contribution in [3.05, 3.63) is 46.5 Å². The smallest absolute Gasteiger partial charge is 0.294 e. The lowest BCUT2D eigenvalue weighted by Crippen LogP contribution is -2.30. The minimum Gasteiger partial charge on any atom is -0.726 e. The van der Waals surface area contributed by atoms with Crippen LogP contribution in [-0.4, -0.2) is 73.0 Å². The van der Waals surface area contributed by atoms with Gasteiger partial charge in [0.15, 0.2) is 0 Å². The first kappa shape index (κ1) is 27.3. The Balaban J connectivity index is 0.000000751. The number of H-pyrrole nitrogens is 1. The molecule has 0 aliphatic rings. The number of aromatic nitrogens is 2. The molecule has 0 saturated heterocycles. The lowest BCUT2D eigenvalue weighted by Gasteiger charge is -2.23. The summed E-state index contributed by atoms with van der Waals surface area (Å²) in [7, 11) is -1.64. The van der Waals surface area contributed by atoms with Gasteiger partial charge in [-0.15, -0.1) is 0 Å². The zero-order valence-corrected chi connectivity index (χ0v) is 18.7. The number of benzene rings is 1. The van der Waals surface area contributed by atoms with Crippen LogP contribution in [0.3, 0.4) is 0 Å². The molecular formula is C18H29N5O8S.